The summed E-state index contributed by atoms with van der Waals surface area (Å²) in [5.41, 5.74) is 4.56. The lowest BCUT2D eigenvalue weighted by Gasteiger charge is -2.34. The van der Waals surface area contributed by atoms with Crippen LogP contribution in [0.4, 0.5) is 5.69 Å². The number of halogens is 1. The van der Waals surface area contributed by atoms with Gasteiger partial charge in [0.2, 0.25) is 0 Å². The van der Waals surface area contributed by atoms with Gasteiger partial charge in [-0.1, -0.05) is 23.7 Å². The summed E-state index contributed by atoms with van der Waals surface area (Å²) in [4.78, 5) is 14.6. The quantitative estimate of drug-likeness (QED) is 0.551. The van der Waals surface area contributed by atoms with E-state index in [2.05, 4.69) is 38.9 Å². The fourth-order valence-electron chi connectivity index (χ4n) is 4.37. The molecular formula is C24H27ClN6O. The van der Waals surface area contributed by atoms with Crippen molar-refractivity contribution in [2.45, 2.75) is 6.42 Å². The van der Waals surface area contributed by atoms with Crippen LogP contribution in [0.2, 0.25) is 5.02 Å². The van der Waals surface area contributed by atoms with E-state index in [-0.39, 0.29) is 5.76 Å². The van der Waals surface area contributed by atoms with Gasteiger partial charge in [0, 0.05) is 43.4 Å². The lowest BCUT2D eigenvalue weighted by molar-refractivity contribution is 0.313. The Kier molecular flexibility index (Phi) is 5.53. The smallest absolute Gasteiger partial charge is 0.145 e. The highest BCUT2D eigenvalue weighted by molar-refractivity contribution is 6.30. The van der Waals surface area contributed by atoms with Gasteiger partial charge in [-0.05, 0) is 49.4 Å². The minimum Gasteiger partial charge on any atom is -0.510 e. The van der Waals surface area contributed by atoms with E-state index in [0.29, 0.717) is 35.3 Å². The van der Waals surface area contributed by atoms with E-state index < -0.39 is 0 Å². The summed E-state index contributed by atoms with van der Waals surface area (Å²) in [5.74, 6) is 1.03. The first-order chi connectivity index (χ1) is 15.5. The van der Waals surface area contributed by atoms with Crippen molar-refractivity contribution in [3.63, 3.8) is 0 Å². The molecule has 2 aliphatic heterocycles. The van der Waals surface area contributed by atoms with Crippen molar-refractivity contribution in [1.82, 2.24) is 19.8 Å². The third-order valence-electron chi connectivity index (χ3n) is 6.34. The van der Waals surface area contributed by atoms with Crippen LogP contribution in [0.3, 0.4) is 0 Å². The van der Waals surface area contributed by atoms with Crippen LogP contribution in [-0.2, 0) is 6.42 Å². The Morgan fingerprint density at radius 3 is 2.59 bits per heavy atom. The Balaban J connectivity index is 1.32. The molecule has 5 rings (SSSR count). The van der Waals surface area contributed by atoms with Gasteiger partial charge in [0.25, 0.3) is 0 Å². The average molecular weight is 451 g/mol. The van der Waals surface area contributed by atoms with Crippen molar-refractivity contribution in [3.05, 3.63) is 64.6 Å². The molecular weight excluding hydrogens is 424 g/mol. The molecule has 0 bridgehead atoms. The van der Waals surface area contributed by atoms with Crippen LogP contribution in [0, 0.1) is 5.41 Å². The average Bonchev–Trinajstić information content (AvgIpc) is 3.32. The molecule has 0 unspecified atom stereocenters. The molecule has 3 N–H and O–H groups in total. The second-order valence-corrected chi connectivity index (χ2v) is 8.98. The number of amidine groups is 1. The molecule has 0 saturated carbocycles. The summed E-state index contributed by atoms with van der Waals surface area (Å²) in [5, 5.41) is 20.0. The number of H-pyrrole nitrogens is 1. The van der Waals surface area contributed by atoms with Crippen LogP contribution in [0.15, 0.2) is 48.2 Å². The first-order valence-corrected chi connectivity index (χ1v) is 11.3. The third-order valence-corrected chi connectivity index (χ3v) is 6.59. The van der Waals surface area contributed by atoms with Crippen LogP contribution in [0.5, 0.6) is 0 Å². The molecule has 0 atom stereocenters. The summed E-state index contributed by atoms with van der Waals surface area (Å²) in [6.07, 6.45) is 0.772. The zero-order valence-electron chi connectivity index (χ0n) is 18.1. The zero-order valence-corrected chi connectivity index (χ0v) is 18.9. The van der Waals surface area contributed by atoms with Crippen LogP contribution in [0.25, 0.3) is 16.6 Å². The maximum atomic E-state index is 10.6. The van der Waals surface area contributed by atoms with Crippen LogP contribution < -0.4 is 4.90 Å². The molecule has 1 saturated heterocycles. The van der Waals surface area contributed by atoms with E-state index in [0.717, 1.165) is 49.2 Å². The zero-order chi connectivity index (χ0) is 22.2. The van der Waals surface area contributed by atoms with Gasteiger partial charge >= 0.3 is 0 Å². The van der Waals surface area contributed by atoms with Gasteiger partial charge in [0.05, 0.1) is 23.2 Å². The van der Waals surface area contributed by atoms with E-state index >= 15 is 0 Å². The molecule has 7 nitrogen and oxygen atoms in total. The van der Waals surface area contributed by atoms with E-state index in [9.17, 15) is 5.11 Å². The molecule has 166 valence electrons. The second-order valence-electron chi connectivity index (χ2n) is 8.55. The van der Waals surface area contributed by atoms with Crippen molar-refractivity contribution in [1.29, 1.82) is 5.41 Å². The van der Waals surface area contributed by atoms with Crippen molar-refractivity contribution in [3.8, 4) is 0 Å². The Hall–Kier alpha value is -3.03. The van der Waals surface area contributed by atoms with Crippen molar-refractivity contribution in [2.75, 3.05) is 51.2 Å². The molecule has 1 fully saturated rings. The molecule has 2 aromatic carbocycles. The predicted octanol–water partition coefficient (Wildman–Crippen LogP) is 3.77. The Morgan fingerprint density at radius 1 is 1.09 bits per heavy atom. The number of rotatable bonds is 5. The maximum absolute atomic E-state index is 10.6. The fourth-order valence-corrected chi connectivity index (χ4v) is 4.49. The topological polar surface area (TPSA) is 82.5 Å². The predicted molar refractivity (Wildman–Crippen MR) is 130 cm³/mol. The monoisotopic (exact) mass is 450 g/mol. The van der Waals surface area contributed by atoms with Crippen molar-refractivity contribution < 1.29 is 5.11 Å². The number of fused-ring (bicyclic) bond motifs is 1. The van der Waals surface area contributed by atoms with Crippen molar-refractivity contribution >= 4 is 39.7 Å². The first-order valence-electron chi connectivity index (χ1n) is 10.9. The van der Waals surface area contributed by atoms with Gasteiger partial charge in [-0.15, -0.1) is 0 Å². The van der Waals surface area contributed by atoms with Gasteiger partial charge in [-0.3, -0.25) is 5.41 Å². The third kappa shape index (κ3) is 4.06. The number of aromatic amines is 1. The van der Waals surface area contributed by atoms with Gasteiger partial charge in [-0.25, -0.2) is 4.98 Å². The first kappa shape index (κ1) is 20.8. The minimum absolute atomic E-state index is 0.185. The Morgan fingerprint density at radius 2 is 1.84 bits per heavy atom. The summed E-state index contributed by atoms with van der Waals surface area (Å²) < 4.78 is 0. The van der Waals surface area contributed by atoms with Crippen LogP contribution in [0.1, 0.15) is 11.4 Å². The Labute approximate surface area is 192 Å². The van der Waals surface area contributed by atoms with Crippen LogP contribution in [-0.4, -0.2) is 77.0 Å². The number of aromatic nitrogens is 2. The molecule has 3 heterocycles. The van der Waals surface area contributed by atoms with Crippen molar-refractivity contribution in [2.24, 2.45) is 0 Å². The number of benzene rings is 2. The lowest BCUT2D eigenvalue weighted by atomic mass is 10.1. The lowest BCUT2D eigenvalue weighted by Crippen LogP contribution is -2.44. The number of nitrogens with zero attached hydrogens (tertiary/aromatic N) is 4. The van der Waals surface area contributed by atoms with E-state index in [1.807, 2.05) is 35.2 Å². The summed E-state index contributed by atoms with van der Waals surface area (Å²) in [6.45, 7) is 5.07. The highest BCUT2D eigenvalue weighted by Gasteiger charge is 2.30. The molecule has 3 aromatic rings. The minimum atomic E-state index is 0.185. The number of aliphatic hydroxyl groups excluding tert-OH is 1. The maximum Gasteiger partial charge on any atom is 0.145 e. The second kappa shape index (κ2) is 8.48. The van der Waals surface area contributed by atoms with Gasteiger partial charge in [0.15, 0.2) is 0 Å². The number of piperazine rings is 1. The van der Waals surface area contributed by atoms with E-state index in [4.69, 9.17) is 17.0 Å². The van der Waals surface area contributed by atoms with Gasteiger partial charge in [-0.2, -0.15) is 0 Å². The van der Waals surface area contributed by atoms with E-state index in [1.165, 1.54) is 5.69 Å². The summed E-state index contributed by atoms with van der Waals surface area (Å²) in [6, 6.07) is 14.0. The SMILES string of the molecule is CN1CCN(c2ccc3nc(C4=C(O)CN(CCc5ccc(Cl)cc5)C4=N)[nH]c3c2)CC1. The Bertz CT molecular complexity index is 1180. The number of aliphatic hydroxyl groups is 1. The number of likely N-dealkylation sites (N-methyl/N-ethyl adjacent to an activating group) is 1. The number of nitrogens with one attached hydrogen (secondary N) is 2. The highest BCUT2D eigenvalue weighted by Crippen LogP contribution is 2.29. The molecule has 1 aromatic heterocycles. The van der Waals surface area contributed by atoms with Crippen LogP contribution >= 0.6 is 11.6 Å². The van der Waals surface area contributed by atoms with Gasteiger partial charge < -0.3 is 24.8 Å². The van der Waals surface area contributed by atoms with E-state index in [1.54, 1.807) is 0 Å². The number of anilines is 1. The normalized spacial score (nSPS) is 17.8. The molecule has 0 amide bonds. The largest absolute Gasteiger partial charge is 0.510 e. The molecule has 0 aliphatic carbocycles. The standard InChI is InChI=1S/C24H27ClN6O/c1-29-10-12-30(13-11-29)18-6-7-19-20(14-18)28-24(27-19)22-21(32)15-31(23(22)26)9-8-16-2-4-17(25)5-3-16/h2-7,14,26,32H,8-13,15H2,1H3,(H,27,28). The molecule has 0 radical (unpaired) electrons. The number of imidazole rings is 1. The van der Waals surface area contributed by atoms with Gasteiger partial charge in [0.1, 0.15) is 17.4 Å². The summed E-state index contributed by atoms with van der Waals surface area (Å²) in [7, 11) is 2.15. The molecule has 32 heavy (non-hydrogen) atoms. The molecule has 8 heteroatoms. The molecule has 0 spiro atoms. The number of hydrogen-bond donors (Lipinski definition) is 3. The summed E-state index contributed by atoms with van der Waals surface area (Å²) >= 11 is 5.96. The highest BCUT2D eigenvalue weighted by atomic mass is 35.5. The fraction of sp³-hybridized carbons (Fsp3) is 0.333. The molecule has 2 aliphatic rings. The number of hydrogen-bond acceptors (Lipinski definition) is 5.